The minimum absolute atomic E-state index is 0.310. The Hall–Kier alpha value is -2.80. The molecule has 146 valence electrons. The van der Waals surface area contributed by atoms with E-state index in [1.54, 1.807) is 7.05 Å². The second-order valence-electron chi connectivity index (χ2n) is 7.15. The molecule has 3 heterocycles. The summed E-state index contributed by atoms with van der Waals surface area (Å²) in [4.78, 5) is 30.5. The van der Waals surface area contributed by atoms with Crippen LogP contribution in [0.25, 0.3) is 22.6 Å². The summed E-state index contributed by atoms with van der Waals surface area (Å²) in [6.07, 6.45) is 0.698. The van der Waals surface area contributed by atoms with Gasteiger partial charge in [0, 0.05) is 30.0 Å². The smallest absolute Gasteiger partial charge is 0.282 e. The lowest BCUT2D eigenvalue weighted by Crippen LogP contribution is -2.39. The molecular weight excluding hydrogens is 378 g/mol. The van der Waals surface area contributed by atoms with Gasteiger partial charge in [0.1, 0.15) is 0 Å². The van der Waals surface area contributed by atoms with Crippen molar-refractivity contribution in [2.75, 3.05) is 0 Å². The van der Waals surface area contributed by atoms with Gasteiger partial charge in [-0.25, -0.2) is 4.79 Å². The molecule has 0 aliphatic heterocycles. The molecule has 8 heteroatoms. The minimum Gasteiger partial charge on any atom is -0.282 e. The zero-order valence-corrected chi connectivity index (χ0v) is 17.3. The van der Waals surface area contributed by atoms with Crippen LogP contribution < -0.4 is 11.2 Å². The summed E-state index contributed by atoms with van der Waals surface area (Å²) in [7, 11) is 1.65. The van der Waals surface area contributed by atoms with E-state index < -0.39 is 0 Å². The molecule has 0 N–H and O–H groups in total. The second kappa shape index (κ2) is 6.38. The molecule has 28 heavy (non-hydrogen) atoms. The van der Waals surface area contributed by atoms with Crippen molar-refractivity contribution in [1.82, 2.24) is 23.1 Å². The summed E-state index contributed by atoms with van der Waals surface area (Å²) in [5, 5.41) is 0.623. The molecule has 4 aromatic rings. The Labute approximate surface area is 166 Å². The molecule has 0 amide bonds. The molecule has 0 aliphatic carbocycles. The van der Waals surface area contributed by atoms with Crippen molar-refractivity contribution in [3.63, 3.8) is 0 Å². The molecule has 0 unspecified atom stereocenters. The number of hydrogen-bond donors (Lipinski definition) is 0. The van der Waals surface area contributed by atoms with E-state index in [0.717, 1.165) is 22.6 Å². The van der Waals surface area contributed by atoms with Gasteiger partial charge in [0.05, 0.1) is 5.69 Å². The number of benzene rings is 1. The summed E-state index contributed by atoms with van der Waals surface area (Å²) in [5.74, 6) is 0.594. The third-order valence-corrected chi connectivity index (χ3v) is 5.61. The van der Waals surface area contributed by atoms with E-state index in [0.29, 0.717) is 34.9 Å². The van der Waals surface area contributed by atoms with Gasteiger partial charge >= 0.3 is 5.69 Å². The van der Waals surface area contributed by atoms with Gasteiger partial charge in [-0.15, -0.1) is 0 Å². The maximum absolute atomic E-state index is 13.2. The highest BCUT2D eigenvalue weighted by Gasteiger charge is 2.23. The molecule has 0 fully saturated rings. The first-order valence-corrected chi connectivity index (χ1v) is 9.62. The quantitative estimate of drug-likeness (QED) is 0.531. The molecular formula is C20H22ClN5O2. The van der Waals surface area contributed by atoms with E-state index in [1.807, 2.05) is 54.9 Å². The summed E-state index contributed by atoms with van der Waals surface area (Å²) in [5.41, 5.74) is 3.95. The molecule has 0 saturated carbocycles. The lowest BCUT2D eigenvalue weighted by molar-refractivity contribution is 0.592. The Morgan fingerprint density at radius 2 is 1.82 bits per heavy atom. The highest BCUT2D eigenvalue weighted by atomic mass is 35.5. The van der Waals surface area contributed by atoms with Gasteiger partial charge in [-0.2, -0.15) is 4.98 Å². The number of hydrogen-bond acceptors (Lipinski definition) is 3. The molecule has 7 nitrogen and oxygen atoms in total. The fourth-order valence-corrected chi connectivity index (χ4v) is 3.95. The Bertz CT molecular complexity index is 1370. The number of halogens is 1. The average molecular weight is 400 g/mol. The topological polar surface area (TPSA) is 66.2 Å². The van der Waals surface area contributed by atoms with Crippen LogP contribution in [-0.2, 0) is 13.6 Å². The van der Waals surface area contributed by atoms with Crippen molar-refractivity contribution in [2.45, 2.75) is 40.7 Å². The van der Waals surface area contributed by atoms with E-state index in [-0.39, 0.29) is 11.2 Å². The zero-order chi connectivity index (χ0) is 20.3. The summed E-state index contributed by atoms with van der Waals surface area (Å²) in [6, 6.07) is 5.69. The standard InChI is InChI=1S/C20H22ClN5O2/c1-6-9-24-18(27)16-17(23(5)20(24)28)22-19-25(12(3)13(4)26(16)19)15-10-14(21)8-7-11(15)2/h7-8,10H,6,9H2,1-5H3. The monoisotopic (exact) mass is 399 g/mol. The molecule has 0 radical (unpaired) electrons. The fraction of sp³-hybridized carbons (Fsp3) is 0.350. The van der Waals surface area contributed by atoms with Crippen LogP contribution in [0, 0.1) is 20.8 Å². The first-order chi connectivity index (χ1) is 13.3. The van der Waals surface area contributed by atoms with Crippen molar-refractivity contribution >= 4 is 28.5 Å². The van der Waals surface area contributed by atoms with Gasteiger partial charge in [-0.05, 0) is 44.9 Å². The number of aryl methyl sites for hydroxylation is 3. The maximum atomic E-state index is 13.2. The van der Waals surface area contributed by atoms with Gasteiger partial charge in [-0.1, -0.05) is 24.6 Å². The van der Waals surface area contributed by atoms with E-state index in [1.165, 1.54) is 9.13 Å². The summed E-state index contributed by atoms with van der Waals surface area (Å²) in [6.45, 7) is 8.26. The van der Waals surface area contributed by atoms with Crippen LogP contribution >= 0.6 is 11.6 Å². The van der Waals surface area contributed by atoms with Gasteiger partial charge in [0.2, 0.25) is 5.78 Å². The highest BCUT2D eigenvalue weighted by molar-refractivity contribution is 6.30. The average Bonchev–Trinajstić information content (AvgIpc) is 3.15. The Morgan fingerprint density at radius 1 is 1.11 bits per heavy atom. The molecule has 0 saturated heterocycles. The fourth-order valence-electron chi connectivity index (χ4n) is 3.78. The molecule has 0 aliphatic rings. The number of imidazole rings is 2. The van der Waals surface area contributed by atoms with E-state index >= 15 is 0 Å². The normalized spacial score (nSPS) is 11.8. The van der Waals surface area contributed by atoms with E-state index in [4.69, 9.17) is 16.6 Å². The van der Waals surface area contributed by atoms with Gasteiger partial charge in [-0.3, -0.25) is 22.9 Å². The van der Waals surface area contributed by atoms with Crippen molar-refractivity contribution in [2.24, 2.45) is 7.05 Å². The van der Waals surface area contributed by atoms with Crippen LogP contribution in [0.5, 0.6) is 0 Å². The largest absolute Gasteiger partial charge is 0.332 e. The van der Waals surface area contributed by atoms with Crippen molar-refractivity contribution in [1.29, 1.82) is 0 Å². The van der Waals surface area contributed by atoms with Crippen LogP contribution in [-0.4, -0.2) is 23.1 Å². The number of fused-ring (bicyclic) bond motifs is 3. The SMILES string of the molecule is CCCn1c(=O)c2c(nc3n(-c4cc(Cl)ccc4C)c(C)c(C)n23)n(C)c1=O. The van der Waals surface area contributed by atoms with Crippen LogP contribution in [0.3, 0.4) is 0 Å². The van der Waals surface area contributed by atoms with Gasteiger partial charge in [0.15, 0.2) is 11.2 Å². The van der Waals surface area contributed by atoms with E-state index in [9.17, 15) is 9.59 Å². The zero-order valence-electron chi connectivity index (χ0n) is 16.6. The number of aromatic nitrogens is 5. The van der Waals surface area contributed by atoms with Gasteiger partial charge < -0.3 is 0 Å². The molecule has 3 aromatic heterocycles. The first kappa shape index (κ1) is 18.6. The third-order valence-electron chi connectivity index (χ3n) is 5.38. The summed E-state index contributed by atoms with van der Waals surface area (Å²) >= 11 is 6.24. The van der Waals surface area contributed by atoms with Crippen LogP contribution in [0.2, 0.25) is 5.02 Å². The predicted octanol–water partition coefficient (Wildman–Crippen LogP) is 3.13. The number of rotatable bonds is 3. The highest BCUT2D eigenvalue weighted by Crippen LogP contribution is 2.27. The second-order valence-corrected chi connectivity index (χ2v) is 7.59. The first-order valence-electron chi connectivity index (χ1n) is 9.24. The molecule has 0 atom stereocenters. The summed E-state index contributed by atoms with van der Waals surface area (Å²) < 4.78 is 6.57. The van der Waals surface area contributed by atoms with Crippen molar-refractivity contribution < 1.29 is 0 Å². The van der Waals surface area contributed by atoms with Crippen molar-refractivity contribution in [3.05, 3.63) is 61.0 Å². The lowest BCUT2D eigenvalue weighted by Gasteiger charge is -2.10. The Morgan fingerprint density at radius 3 is 2.50 bits per heavy atom. The molecule has 0 spiro atoms. The number of nitrogens with zero attached hydrogens (tertiary/aromatic N) is 5. The third kappa shape index (κ3) is 2.39. The lowest BCUT2D eigenvalue weighted by atomic mass is 10.2. The predicted molar refractivity (Wildman–Crippen MR) is 111 cm³/mol. The Balaban J connectivity index is 2.23. The molecule has 4 rings (SSSR count). The molecule has 0 bridgehead atoms. The van der Waals surface area contributed by atoms with Gasteiger partial charge in [0.25, 0.3) is 5.56 Å². The van der Waals surface area contributed by atoms with E-state index in [2.05, 4.69) is 0 Å². The molecule has 1 aromatic carbocycles. The minimum atomic E-state index is -0.347. The van der Waals surface area contributed by atoms with Crippen LogP contribution in [0.4, 0.5) is 0 Å². The van der Waals surface area contributed by atoms with Crippen LogP contribution in [0.1, 0.15) is 30.3 Å². The maximum Gasteiger partial charge on any atom is 0.332 e. The van der Waals surface area contributed by atoms with Crippen molar-refractivity contribution in [3.8, 4) is 5.69 Å². The Kier molecular flexibility index (Phi) is 4.23. The van der Waals surface area contributed by atoms with Crippen LogP contribution in [0.15, 0.2) is 27.8 Å².